The Hall–Kier alpha value is -2.96. The number of nitrogens with zero attached hydrogens (tertiary/aromatic N) is 1. The molecule has 7 nitrogen and oxygen atoms in total. The number of carbonyl (C=O) groups excluding carboxylic acids is 1. The molecule has 0 saturated heterocycles. The second-order valence-electron chi connectivity index (χ2n) is 6.82. The summed E-state index contributed by atoms with van der Waals surface area (Å²) in [6.07, 6.45) is 7.45. The zero-order valence-corrected chi connectivity index (χ0v) is 16.2. The van der Waals surface area contributed by atoms with Gasteiger partial charge in [0.1, 0.15) is 23.9 Å². The van der Waals surface area contributed by atoms with Gasteiger partial charge >= 0.3 is 6.03 Å². The van der Waals surface area contributed by atoms with E-state index < -0.39 is 0 Å². The molecular weight excluding hydrogens is 356 g/mol. The number of amides is 2. The second kappa shape index (κ2) is 10.4. The van der Waals surface area contributed by atoms with Gasteiger partial charge in [0.2, 0.25) is 0 Å². The van der Waals surface area contributed by atoms with Gasteiger partial charge in [-0.2, -0.15) is 0 Å². The predicted molar refractivity (Wildman–Crippen MR) is 110 cm³/mol. The minimum Gasteiger partial charge on any atom is -0.497 e. The highest BCUT2D eigenvalue weighted by molar-refractivity contribution is 5.88. The molecule has 7 heteroatoms. The molecule has 1 aliphatic carbocycles. The molecule has 0 radical (unpaired) electrons. The molecule has 0 bridgehead atoms. The summed E-state index contributed by atoms with van der Waals surface area (Å²) >= 11 is 0. The summed E-state index contributed by atoms with van der Waals surface area (Å²) in [6.45, 7) is 1.17. The first-order valence-corrected chi connectivity index (χ1v) is 9.77. The van der Waals surface area contributed by atoms with Crippen LogP contribution >= 0.6 is 0 Å². The van der Waals surface area contributed by atoms with Gasteiger partial charge in [0.05, 0.1) is 19.0 Å². The van der Waals surface area contributed by atoms with E-state index in [9.17, 15) is 4.79 Å². The monoisotopic (exact) mass is 384 g/mol. The third kappa shape index (κ3) is 6.33. The molecule has 3 N–H and O–H groups in total. The second-order valence-corrected chi connectivity index (χ2v) is 6.82. The van der Waals surface area contributed by atoms with Crippen LogP contribution in [-0.4, -0.2) is 37.3 Å². The highest BCUT2D eigenvalue weighted by atomic mass is 16.5. The molecule has 0 atom stereocenters. The topological polar surface area (TPSA) is 84.5 Å². The predicted octanol–water partition coefficient (Wildman–Crippen LogP) is 4.04. The molecule has 1 aromatic carbocycles. The molecule has 2 aromatic rings. The van der Waals surface area contributed by atoms with E-state index in [0.717, 1.165) is 30.0 Å². The van der Waals surface area contributed by atoms with E-state index in [1.54, 1.807) is 19.4 Å². The summed E-state index contributed by atoms with van der Waals surface area (Å²) in [5.41, 5.74) is 0.872. The smallest absolute Gasteiger partial charge is 0.320 e. The van der Waals surface area contributed by atoms with Crippen LogP contribution in [-0.2, 0) is 0 Å². The summed E-state index contributed by atoms with van der Waals surface area (Å²) < 4.78 is 10.8. The first kappa shape index (κ1) is 19.8. The van der Waals surface area contributed by atoms with Crippen LogP contribution in [0.25, 0.3) is 0 Å². The molecule has 1 aliphatic rings. The van der Waals surface area contributed by atoms with Gasteiger partial charge < -0.3 is 20.1 Å². The number of pyridine rings is 1. The van der Waals surface area contributed by atoms with Gasteiger partial charge in [-0.15, -0.1) is 0 Å². The highest BCUT2D eigenvalue weighted by Crippen LogP contribution is 2.18. The molecule has 3 rings (SSSR count). The van der Waals surface area contributed by atoms with Crippen LogP contribution in [0.4, 0.5) is 16.3 Å². The van der Waals surface area contributed by atoms with Crippen molar-refractivity contribution < 1.29 is 14.3 Å². The van der Waals surface area contributed by atoms with Crippen LogP contribution in [0.1, 0.15) is 32.1 Å². The highest BCUT2D eigenvalue weighted by Gasteiger charge is 2.15. The number of carbonyl (C=O) groups is 1. The number of aromatic nitrogens is 1. The molecule has 1 aromatic heterocycles. The third-order valence-electron chi connectivity index (χ3n) is 4.70. The van der Waals surface area contributed by atoms with E-state index >= 15 is 0 Å². The molecule has 1 heterocycles. The summed E-state index contributed by atoms with van der Waals surface area (Å²) in [6, 6.07) is 11.2. The maximum Gasteiger partial charge on any atom is 0.320 e. The van der Waals surface area contributed by atoms with Crippen molar-refractivity contribution in [3.63, 3.8) is 0 Å². The Bertz CT molecular complexity index is 728. The van der Waals surface area contributed by atoms with Crippen molar-refractivity contribution in [2.24, 2.45) is 0 Å². The average Bonchev–Trinajstić information content (AvgIpc) is 2.73. The number of methoxy groups -OCH3 is 1. The van der Waals surface area contributed by atoms with Gasteiger partial charge in [0.15, 0.2) is 0 Å². The molecule has 1 fully saturated rings. The Morgan fingerprint density at radius 3 is 2.50 bits per heavy atom. The molecule has 2 amide bonds. The normalized spacial score (nSPS) is 14.2. The Labute approximate surface area is 165 Å². The van der Waals surface area contributed by atoms with Crippen LogP contribution in [0.3, 0.4) is 0 Å². The maximum atomic E-state index is 12.0. The Balaban J connectivity index is 1.35. The molecule has 28 heavy (non-hydrogen) atoms. The lowest BCUT2D eigenvalue weighted by Gasteiger charge is -2.22. The number of rotatable bonds is 8. The molecule has 1 saturated carbocycles. The number of hydrogen-bond acceptors (Lipinski definition) is 5. The van der Waals surface area contributed by atoms with E-state index in [0.29, 0.717) is 19.0 Å². The van der Waals surface area contributed by atoms with Crippen molar-refractivity contribution in [1.82, 2.24) is 10.3 Å². The van der Waals surface area contributed by atoms with Crippen molar-refractivity contribution in [3.05, 3.63) is 42.6 Å². The number of ether oxygens (including phenoxy) is 2. The van der Waals surface area contributed by atoms with Crippen LogP contribution < -0.4 is 25.4 Å². The minimum atomic E-state index is -0.187. The quantitative estimate of drug-likeness (QED) is 0.598. The van der Waals surface area contributed by atoms with Crippen LogP contribution in [0.2, 0.25) is 0 Å². The zero-order valence-electron chi connectivity index (χ0n) is 16.2. The lowest BCUT2D eigenvalue weighted by molar-refractivity contribution is 0.244. The van der Waals surface area contributed by atoms with Gasteiger partial charge in [-0.3, -0.25) is 5.32 Å². The zero-order chi connectivity index (χ0) is 19.6. The van der Waals surface area contributed by atoms with Gasteiger partial charge in [-0.1, -0.05) is 19.3 Å². The summed E-state index contributed by atoms with van der Waals surface area (Å²) in [5.74, 6) is 2.13. The first-order valence-electron chi connectivity index (χ1n) is 9.77. The number of hydrogen-bond donors (Lipinski definition) is 3. The maximum absolute atomic E-state index is 12.0. The number of anilines is 2. The molecule has 0 aliphatic heterocycles. The van der Waals surface area contributed by atoms with E-state index in [4.69, 9.17) is 9.47 Å². The Morgan fingerprint density at radius 1 is 1.07 bits per heavy atom. The van der Waals surface area contributed by atoms with Crippen molar-refractivity contribution in [3.8, 4) is 11.5 Å². The standard InChI is InChI=1S/C21H28N4O3/c1-27-18-8-10-19(11-9-18)28-14-13-22-17-7-12-20(23-15-17)25-21(26)24-16-5-3-2-4-6-16/h7-12,15-16,22H,2-6,13-14H2,1H3,(H2,23,24,25,26). The molecule has 0 spiro atoms. The Kier molecular flexibility index (Phi) is 7.35. The van der Waals surface area contributed by atoms with Gasteiger partial charge in [0, 0.05) is 12.6 Å². The van der Waals surface area contributed by atoms with Crippen molar-refractivity contribution in [2.45, 2.75) is 38.1 Å². The number of benzene rings is 1. The van der Waals surface area contributed by atoms with Crippen LogP contribution in [0.5, 0.6) is 11.5 Å². The van der Waals surface area contributed by atoms with Crippen molar-refractivity contribution in [2.75, 3.05) is 30.9 Å². The van der Waals surface area contributed by atoms with Crippen LogP contribution in [0.15, 0.2) is 42.6 Å². The van der Waals surface area contributed by atoms with Gasteiger partial charge in [-0.05, 0) is 49.2 Å². The third-order valence-corrected chi connectivity index (χ3v) is 4.70. The minimum absolute atomic E-state index is 0.187. The SMILES string of the molecule is COc1ccc(OCCNc2ccc(NC(=O)NC3CCCCC3)nc2)cc1. The number of urea groups is 1. The van der Waals surface area contributed by atoms with E-state index in [2.05, 4.69) is 20.9 Å². The summed E-state index contributed by atoms with van der Waals surface area (Å²) in [5, 5.41) is 9.05. The number of nitrogens with one attached hydrogen (secondary N) is 3. The first-order chi connectivity index (χ1) is 13.7. The fraction of sp³-hybridized carbons (Fsp3) is 0.429. The molecular formula is C21H28N4O3. The van der Waals surface area contributed by atoms with Crippen molar-refractivity contribution >= 4 is 17.5 Å². The van der Waals surface area contributed by atoms with E-state index in [1.807, 2.05) is 30.3 Å². The van der Waals surface area contributed by atoms with E-state index in [-0.39, 0.29) is 12.1 Å². The van der Waals surface area contributed by atoms with Crippen molar-refractivity contribution in [1.29, 1.82) is 0 Å². The lowest BCUT2D eigenvalue weighted by Crippen LogP contribution is -2.39. The van der Waals surface area contributed by atoms with E-state index in [1.165, 1.54) is 19.3 Å². The molecule has 0 unspecified atom stereocenters. The largest absolute Gasteiger partial charge is 0.497 e. The van der Waals surface area contributed by atoms with Gasteiger partial charge in [0.25, 0.3) is 0 Å². The Morgan fingerprint density at radius 2 is 1.82 bits per heavy atom. The average molecular weight is 384 g/mol. The summed E-state index contributed by atoms with van der Waals surface area (Å²) in [7, 11) is 1.64. The lowest BCUT2D eigenvalue weighted by atomic mass is 9.96. The summed E-state index contributed by atoms with van der Waals surface area (Å²) in [4.78, 5) is 16.3. The molecule has 150 valence electrons. The fourth-order valence-corrected chi connectivity index (χ4v) is 3.19. The van der Waals surface area contributed by atoms with Gasteiger partial charge in [-0.25, -0.2) is 9.78 Å². The fourth-order valence-electron chi connectivity index (χ4n) is 3.19. The van der Waals surface area contributed by atoms with Crippen LogP contribution in [0, 0.1) is 0 Å².